The van der Waals surface area contributed by atoms with Crippen LogP contribution >= 0.6 is 0 Å². The average molecular weight is 539 g/mol. The summed E-state index contributed by atoms with van der Waals surface area (Å²) in [6.45, 7) is 0.906. The molecule has 40 heavy (non-hydrogen) atoms. The lowest BCUT2D eigenvalue weighted by Crippen LogP contribution is -2.64. The summed E-state index contributed by atoms with van der Waals surface area (Å²) in [5, 5.41) is 11.3. The van der Waals surface area contributed by atoms with Crippen LogP contribution in [0.5, 0.6) is 0 Å². The fraction of sp³-hybridized carbons (Fsp3) is 0.265. The van der Waals surface area contributed by atoms with E-state index in [-0.39, 0.29) is 26.4 Å². The Kier molecular flexibility index (Phi) is 9.85. The SMILES string of the molecule is O=C1[C@H](O)[C@@H](OCc2ccccc2)[C@@H](OCc2ccccc2)[C@H](OCc2ccccc2)[C@H]1OCc1ccccc1. The standard InChI is InChI=1S/C34H34O6/c35-29-30(36)32(38-22-26-15-7-2-8-16-26)34(40-24-28-19-11-4-12-20-28)33(39-23-27-17-9-3-10-18-27)31(29)37-21-25-13-5-1-6-14-25/h1-20,29,31-35H,21-24H2/t29-,31+,32-,33+,34+/m0/s1. The molecule has 4 aromatic rings. The Hall–Kier alpha value is -3.65. The van der Waals surface area contributed by atoms with E-state index >= 15 is 0 Å². The van der Waals surface area contributed by atoms with Crippen molar-refractivity contribution >= 4 is 5.78 Å². The lowest BCUT2D eigenvalue weighted by molar-refractivity contribution is -0.231. The summed E-state index contributed by atoms with van der Waals surface area (Å²) in [7, 11) is 0. The van der Waals surface area contributed by atoms with Crippen LogP contribution in [0.2, 0.25) is 0 Å². The van der Waals surface area contributed by atoms with Crippen molar-refractivity contribution in [1.82, 2.24) is 0 Å². The van der Waals surface area contributed by atoms with E-state index in [1.807, 2.05) is 121 Å². The molecule has 0 aromatic heterocycles. The molecule has 1 saturated carbocycles. The van der Waals surface area contributed by atoms with Crippen LogP contribution in [0.15, 0.2) is 121 Å². The Labute approximate surface area is 235 Å². The van der Waals surface area contributed by atoms with Gasteiger partial charge >= 0.3 is 0 Å². The van der Waals surface area contributed by atoms with Gasteiger partial charge < -0.3 is 24.1 Å². The highest BCUT2D eigenvalue weighted by molar-refractivity contribution is 5.89. The molecule has 1 fully saturated rings. The predicted octanol–water partition coefficient (Wildman–Crippen LogP) is 5.27. The fourth-order valence-corrected chi connectivity index (χ4v) is 4.83. The second kappa shape index (κ2) is 14.1. The van der Waals surface area contributed by atoms with Gasteiger partial charge in [-0.25, -0.2) is 0 Å². The van der Waals surface area contributed by atoms with Gasteiger partial charge in [-0.15, -0.1) is 0 Å². The van der Waals surface area contributed by atoms with Crippen molar-refractivity contribution in [3.05, 3.63) is 144 Å². The largest absolute Gasteiger partial charge is 0.382 e. The Balaban J connectivity index is 1.43. The van der Waals surface area contributed by atoms with Crippen molar-refractivity contribution in [3.8, 4) is 0 Å². The van der Waals surface area contributed by atoms with Crippen LogP contribution in [0.4, 0.5) is 0 Å². The number of carbonyl (C=O) groups is 1. The summed E-state index contributed by atoms with van der Waals surface area (Å²) in [6, 6.07) is 38.7. The van der Waals surface area contributed by atoms with E-state index in [4.69, 9.17) is 18.9 Å². The van der Waals surface area contributed by atoms with Gasteiger partial charge in [0.05, 0.1) is 26.4 Å². The van der Waals surface area contributed by atoms with E-state index in [9.17, 15) is 9.90 Å². The van der Waals surface area contributed by atoms with Crippen LogP contribution in [0, 0.1) is 0 Å². The molecule has 5 rings (SSSR count). The van der Waals surface area contributed by atoms with Crippen LogP contribution < -0.4 is 0 Å². The average Bonchev–Trinajstić information content (AvgIpc) is 3.01. The lowest BCUT2D eigenvalue weighted by Gasteiger charge is -2.43. The Bertz CT molecular complexity index is 1300. The van der Waals surface area contributed by atoms with Gasteiger partial charge in [-0.2, -0.15) is 0 Å². The molecular formula is C34H34O6. The molecule has 0 heterocycles. The zero-order valence-electron chi connectivity index (χ0n) is 22.3. The van der Waals surface area contributed by atoms with E-state index < -0.39 is 36.3 Å². The molecule has 1 aliphatic rings. The van der Waals surface area contributed by atoms with Crippen molar-refractivity contribution < 1.29 is 28.8 Å². The van der Waals surface area contributed by atoms with Gasteiger partial charge in [0.2, 0.25) is 0 Å². The van der Waals surface area contributed by atoms with Gasteiger partial charge in [0, 0.05) is 0 Å². The number of hydrogen-bond acceptors (Lipinski definition) is 6. The highest BCUT2D eigenvalue weighted by Crippen LogP contribution is 2.30. The van der Waals surface area contributed by atoms with Crippen LogP contribution in [-0.4, -0.2) is 41.4 Å². The van der Waals surface area contributed by atoms with E-state index in [1.54, 1.807) is 0 Å². The molecule has 4 aromatic carbocycles. The maximum absolute atomic E-state index is 13.6. The molecular weight excluding hydrogens is 504 g/mol. The van der Waals surface area contributed by atoms with Crippen molar-refractivity contribution in [1.29, 1.82) is 0 Å². The maximum atomic E-state index is 13.6. The maximum Gasteiger partial charge on any atom is 0.195 e. The molecule has 5 atom stereocenters. The smallest absolute Gasteiger partial charge is 0.195 e. The summed E-state index contributed by atoms with van der Waals surface area (Å²) in [4.78, 5) is 13.6. The highest BCUT2D eigenvalue weighted by Gasteiger charge is 2.52. The summed E-state index contributed by atoms with van der Waals surface area (Å²) >= 11 is 0. The number of carbonyl (C=O) groups excluding carboxylic acids is 1. The summed E-state index contributed by atoms with van der Waals surface area (Å²) in [6.07, 6.45) is -5.03. The first-order valence-corrected chi connectivity index (χ1v) is 13.5. The zero-order chi connectivity index (χ0) is 27.6. The fourth-order valence-electron chi connectivity index (χ4n) is 4.83. The van der Waals surface area contributed by atoms with Gasteiger partial charge in [-0.1, -0.05) is 121 Å². The summed E-state index contributed by atoms with van der Waals surface area (Å²) in [5.74, 6) is -0.480. The molecule has 0 bridgehead atoms. The number of aliphatic hydroxyl groups is 1. The molecule has 206 valence electrons. The Morgan fingerprint density at radius 1 is 0.450 bits per heavy atom. The monoisotopic (exact) mass is 538 g/mol. The normalized spacial score (nSPS) is 22.7. The molecule has 1 N–H and O–H groups in total. The number of aliphatic hydroxyl groups excluding tert-OH is 1. The van der Waals surface area contributed by atoms with Gasteiger partial charge in [0.1, 0.15) is 30.5 Å². The van der Waals surface area contributed by atoms with E-state index in [0.29, 0.717) is 0 Å². The number of benzene rings is 4. The van der Waals surface area contributed by atoms with E-state index in [1.165, 1.54) is 0 Å². The topological polar surface area (TPSA) is 74.2 Å². The van der Waals surface area contributed by atoms with Gasteiger partial charge in [0.25, 0.3) is 0 Å². The lowest BCUT2D eigenvalue weighted by atomic mass is 9.85. The zero-order valence-corrected chi connectivity index (χ0v) is 22.3. The minimum Gasteiger partial charge on any atom is -0.382 e. The van der Waals surface area contributed by atoms with Crippen LogP contribution in [0.25, 0.3) is 0 Å². The summed E-state index contributed by atoms with van der Waals surface area (Å²) in [5.41, 5.74) is 3.75. The minimum atomic E-state index is -1.44. The Morgan fingerprint density at radius 2 is 0.775 bits per heavy atom. The van der Waals surface area contributed by atoms with Gasteiger partial charge in [-0.05, 0) is 22.3 Å². The Morgan fingerprint density at radius 3 is 1.18 bits per heavy atom. The van der Waals surface area contributed by atoms with E-state index in [2.05, 4.69) is 0 Å². The van der Waals surface area contributed by atoms with Gasteiger partial charge in [0.15, 0.2) is 5.78 Å². The van der Waals surface area contributed by atoms with Crippen molar-refractivity contribution in [2.75, 3.05) is 0 Å². The van der Waals surface area contributed by atoms with Crippen LogP contribution in [0.3, 0.4) is 0 Å². The first-order valence-electron chi connectivity index (χ1n) is 13.5. The van der Waals surface area contributed by atoms with Crippen LogP contribution in [0.1, 0.15) is 22.3 Å². The molecule has 0 saturated heterocycles. The third kappa shape index (κ3) is 7.30. The third-order valence-corrected chi connectivity index (χ3v) is 6.96. The van der Waals surface area contributed by atoms with Gasteiger partial charge in [-0.3, -0.25) is 4.79 Å². The van der Waals surface area contributed by atoms with E-state index in [0.717, 1.165) is 22.3 Å². The molecule has 6 nitrogen and oxygen atoms in total. The molecule has 6 heteroatoms. The van der Waals surface area contributed by atoms with Crippen LogP contribution in [-0.2, 0) is 50.2 Å². The third-order valence-electron chi connectivity index (χ3n) is 6.96. The quantitative estimate of drug-likeness (QED) is 0.265. The minimum absolute atomic E-state index is 0.191. The number of ketones is 1. The molecule has 0 aliphatic heterocycles. The van der Waals surface area contributed by atoms with Crippen molar-refractivity contribution in [2.45, 2.75) is 56.9 Å². The molecule has 0 unspecified atom stereocenters. The van der Waals surface area contributed by atoms with Crippen molar-refractivity contribution in [3.63, 3.8) is 0 Å². The second-order valence-electron chi connectivity index (χ2n) is 9.85. The summed E-state index contributed by atoms with van der Waals surface area (Å²) < 4.78 is 25.2. The predicted molar refractivity (Wildman–Crippen MR) is 151 cm³/mol. The number of ether oxygens (including phenoxy) is 4. The van der Waals surface area contributed by atoms with Crippen molar-refractivity contribution in [2.24, 2.45) is 0 Å². The highest BCUT2D eigenvalue weighted by atomic mass is 16.6. The molecule has 0 radical (unpaired) electrons. The molecule has 1 aliphatic carbocycles. The molecule has 0 spiro atoms. The number of rotatable bonds is 12. The number of Topliss-reactive ketones (excluding diaryl/α,β-unsaturated/α-hetero) is 1. The number of hydrogen-bond donors (Lipinski definition) is 1. The second-order valence-corrected chi connectivity index (χ2v) is 9.85. The first-order chi connectivity index (χ1) is 19.7. The molecule has 0 amide bonds. The first kappa shape index (κ1) is 27.9.